The second kappa shape index (κ2) is 5.71. The van der Waals surface area contributed by atoms with Gasteiger partial charge in [-0.15, -0.1) is 15.0 Å². The SMILES string of the molecule is NC(=S)c1c(Br)cccc1-n1nnc(-c2ccccc2)n1. The van der Waals surface area contributed by atoms with E-state index in [1.54, 1.807) is 0 Å². The van der Waals surface area contributed by atoms with Crippen molar-refractivity contribution in [3.05, 3.63) is 58.6 Å². The normalized spacial score (nSPS) is 10.5. The molecule has 7 heteroatoms. The Hall–Kier alpha value is -2.12. The molecule has 104 valence electrons. The second-order valence-electron chi connectivity index (χ2n) is 4.27. The minimum absolute atomic E-state index is 0.274. The zero-order valence-corrected chi connectivity index (χ0v) is 13.2. The molecular formula is C14H10BrN5S. The molecule has 0 atom stereocenters. The number of hydrogen-bond acceptors (Lipinski definition) is 4. The Balaban J connectivity index is 2.09. The Morgan fingerprint density at radius 1 is 1.10 bits per heavy atom. The van der Waals surface area contributed by atoms with Crippen LogP contribution in [0.4, 0.5) is 0 Å². The molecular weight excluding hydrogens is 350 g/mol. The van der Waals surface area contributed by atoms with Crippen molar-refractivity contribution in [1.82, 2.24) is 20.2 Å². The number of hydrogen-bond donors (Lipinski definition) is 1. The average Bonchev–Trinajstić information content (AvgIpc) is 2.97. The summed E-state index contributed by atoms with van der Waals surface area (Å²) in [4.78, 5) is 1.71. The molecule has 0 radical (unpaired) electrons. The highest BCUT2D eigenvalue weighted by atomic mass is 79.9. The Labute approximate surface area is 134 Å². The van der Waals surface area contributed by atoms with Crippen molar-refractivity contribution in [2.75, 3.05) is 0 Å². The van der Waals surface area contributed by atoms with Gasteiger partial charge in [-0.05, 0) is 33.3 Å². The van der Waals surface area contributed by atoms with Crippen molar-refractivity contribution >= 4 is 33.1 Å². The molecule has 1 heterocycles. The van der Waals surface area contributed by atoms with Crippen LogP contribution in [0.3, 0.4) is 0 Å². The Morgan fingerprint density at radius 3 is 2.57 bits per heavy atom. The van der Waals surface area contributed by atoms with Crippen LogP contribution < -0.4 is 5.73 Å². The standard InChI is InChI=1S/C14H10BrN5S/c15-10-7-4-8-11(12(10)13(16)21)20-18-14(17-19-20)9-5-2-1-3-6-9/h1-8H,(H2,16,21). The second-order valence-corrected chi connectivity index (χ2v) is 5.56. The lowest BCUT2D eigenvalue weighted by molar-refractivity contribution is 0.718. The van der Waals surface area contributed by atoms with E-state index < -0.39 is 0 Å². The number of aromatic nitrogens is 4. The van der Waals surface area contributed by atoms with Crippen molar-refractivity contribution in [2.45, 2.75) is 0 Å². The lowest BCUT2D eigenvalue weighted by Gasteiger charge is -2.08. The molecule has 3 rings (SSSR count). The van der Waals surface area contributed by atoms with E-state index in [1.165, 1.54) is 4.80 Å². The highest BCUT2D eigenvalue weighted by Crippen LogP contribution is 2.23. The van der Waals surface area contributed by atoms with Gasteiger partial charge in [0.25, 0.3) is 0 Å². The van der Waals surface area contributed by atoms with Crippen LogP contribution in [0.15, 0.2) is 53.0 Å². The summed E-state index contributed by atoms with van der Waals surface area (Å²) in [5.74, 6) is 0.546. The quantitative estimate of drug-likeness (QED) is 0.728. The van der Waals surface area contributed by atoms with Crippen LogP contribution in [0.1, 0.15) is 5.56 Å². The average molecular weight is 360 g/mol. The van der Waals surface area contributed by atoms with E-state index in [4.69, 9.17) is 18.0 Å². The zero-order valence-electron chi connectivity index (χ0n) is 10.8. The Kier molecular flexibility index (Phi) is 3.76. The van der Waals surface area contributed by atoms with Gasteiger partial charge >= 0.3 is 0 Å². The van der Waals surface area contributed by atoms with Crippen molar-refractivity contribution in [3.63, 3.8) is 0 Å². The number of nitrogens with zero attached hydrogens (tertiary/aromatic N) is 4. The molecule has 0 saturated carbocycles. The molecule has 0 saturated heterocycles. The summed E-state index contributed by atoms with van der Waals surface area (Å²) in [6.45, 7) is 0. The monoisotopic (exact) mass is 359 g/mol. The van der Waals surface area contributed by atoms with Crippen molar-refractivity contribution in [1.29, 1.82) is 0 Å². The summed E-state index contributed by atoms with van der Waals surface area (Å²) in [7, 11) is 0. The number of rotatable bonds is 3. The minimum atomic E-state index is 0.274. The fraction of sp³-hybridized carbons (Fsp3) is 0. The topological polar surface area (TPSA) is 69.6 Å². The van der Waals surface area contributed by atoms with Crippen LogP contribution in [0.25, 0.3) is 17.1 Å². The summed E-state index contributed by atoms with van der Waals surface area (Å²) in [5.41, 5.74) is 8.05. The first-order valence-corrected chi connectivity index (χ1v) is 7.31. The molecule has 0 aliphatic heterocycles. The van der Waals surface area contributed by atoms with Crippen LogP contribution in [-0.4, -0.2) is 25.2 Å². The largest absolute Gasteiger partial charge is 0.389 e. The predicted molar refractivity (Wildman–Crippen MR) is 88.2 cm³/mol. The van der Waals surface area contributed by atoms with Gasteiger partial charge in [0.1, 0.15) is 4.99 Å². The molecule has 0 unspecified atom stereocenters. The number of nitrogens with two attached hydrogens (primary N) is 1. The molecule has 0 fully saturated rings. The van der Waals surface area contributed by atoms with Gasteiger partial charge < -0.3 is 5.73 Å². The molecule has 21 heavy (non-hydrogen) atoms. The molecule has 0 aliphatic carbocycles. The molecule has 2 aromatic carbocycles. The van der Waals surface area contributed by atoms with E-state index >= 15 is 0 Å². The fourth-order valence-corrected chi connectivity index (χ4v) is 2.86. The van der Waals surface area contributed by atoms with Crippen molar-refractivity contribution in [2.24, 2.45) is 5.73 Å². The third kappa shape index (κ3) is 2.70. The Bertz CT molecular complexity index is 800. The molecule has 2 N–H and O–H groups in total. The molecule has 0 spiro atoms. The van der Waals surface area contributed by atoms with Crippen LogP contribution >= 0.6 is 28.1 Å². The zero-order chi connectivity index (χ0) is 14.8. The summed E-state index contributed by atoms with van der Waals surface area (Å²) < 4.78 is 0.797. The molecule has 3 aromatic rings. The van der Waals surface area contributed by atoms with Gasteiger partial charge in [0.05, 0.1) is 11.3 Å². The van der Waals surface area contributed by atoms with Crippen LogP contribution in [-0.2, 0) is 0 Å². The maximum absolute atomic E-state index is 5.78. The van der Waals surface area contributed by atoms with Gasteiger partial charge in [-0.1, -0.05) is 48.6 Å². The first-order chi connectivity index (χ1) is 10.2. The lowest BCUT2D eigenvalue weighted by atomic mass is 10.2. The van der Waals surface area contributed by atoms with Gasteiger partial charge in [-0.2, -0.15) is 0 Å². The molecule has 1 aromatic heterocycles. The van der Waals surface area contributed by atoms with Gasteiger partial charge in [-0.3, -0.25) is 0 Å². The van der Waals surface area contributed by atoms with Gasteiger partial charge in [0.2, 0.25) is 5.82 Å². The summed E-state index contributed by atoms with van der Waals surface area (Å²) in [6.07, 6.45) is 0. The van der Waals surface area contributed by atoms with Gasteiger partial charge in [0.15, 0.2) is 0 Å². The van der Waals surface area contributed by atoms with Crippen LogP contribution in [0.5, 0.6) is 0 Å². The highest BCUT2D eigenvalue weighted by molar-refractivity contribution is 9.10. The number of halogens is 1. The molecule has 5 nitrogen and oxygen atoms in total. The van der Waals surface area contributed by atoms with E-state index in [2.05, 4.69) is 31.3 Å². The third-order valence-electron chi connectivity index (χ3n) is 2.90. The van der Waals surface area contributed by atoms with Gasteiger partial charge in [0, 0.05) is 10.0 Å². The third-order valence-corrected chi connectivity index (χ3v) is 3.76. The number of benzene rings is 2. The van der Waals surface area contributed by atoms with Crippen molar-refractivity contribution < 1.29 is 0 Å². The maximum atomic E-state index is 5.78. The van der Waals surface area contributed by atoms with E-state index in [9.17, 15) is 0 Å². The smallest absolute Gasteiger partial charge is 0.205 e. The van der Waals surface area contributed by atoms with E-state index in [1.807, 2.05) is 48.5 Å². The first kappa shape index (κ1) is 13.8. The summed E-state index contributed by atoms with van der Waals surface area (Å²) >= 11 is 8.54. The summed E-state index contributed by atoms with van der Waals surface area (Å²) in [5, 5.41) is 12.6. The maximum Gasteiger partial charge on any atom is 0.205 e. The molecule has 0 bridgehead atoms. The lowest BCUT2D eigenvalue weighted by Crippen LogP contribution is -2.15. The first-order valence-electron chi connectivity index (χ1n) is 6.11. The molecule has 0 aliphatic rings. The number of thiocarbonyl (C=S) groups is 1. The molecule has 0 amide bonds. The van der Waals surface area contributed by atoms with Crippen LogP contribution in [0.2, 0.25) is 0 Å². The van der Waals surface area contributed by atoms with Crippen LogP contribution in [0, 0.1) is 0 Å². The van der Waals surface area contributed by atoms with E-state index in [0.29, 0.717) is 17.1 Å². The summed E-state index contributed by atoms with van der Waals surface area (Å²) in [6, 6.07) is 15.2. The predicted octanol–water partition coefficient (Wildman–Crippen LogP) is 2.73. The Morgan fingerprint density at radius 2 is 1.86 bits per heavy atom. The van der Waals surface area contributed by atoms with Crippen molar-refractivity contribution in [3.8, 4) is 17.1 Å². The van der Waals surface area contributed by atoms with Gasteiger partial charge in [-0.25, -0.2) is 0 Å². The minimum Gasteiger partial charge on any atom is -0.389 e. The van der Waals surface area contributed by atoms with E-state index in [-0.39, 0.29) is 4.99 Å². The fourth-order valence-electron chi connectivity index (χ4n) is 1.94. The highest BCUT2D eigenvalue weighted by Gasteiger charge is 2.14. The number of tetrazole rings is 1. The van der Waals surface area contributed by atoms with E-state index in [0.717, 1.165) is 10.0 Å².